The van der Waals surface area contributed by atoms with Crippen LogP contribution < -0.4 is 4.90 Å². The first-order chi connectivity index (χ1) is 11.1. The number of non-ortho nitro benzene ring substituents is 1. The largest absolute Gasteiger partial charge is 0.309 e. The van der Waals surface area contributed by atoms with Gasteiger partial charge in [0.1, 0.15) is 0 Å². The summed E-state index contributed by atoms with van der Waals surface area (Å²) >= 11 is 0. The highest BCUT2D eigenvalue weighted by Crippen LogP contribution is 2.27. The first-order valence-corrected chi connectivity index (χ1v) is 7.47. The van der Waals surface area contributed by atoms with E-state index in [0.717, 1.165) is 18.5 Å². The Morgan fingerprint density at radius 2 is 2.00 bits per heavy atom. The van der Waals surface area contributed by atoms with Crippen molar-refractivity contribution in [2.75, 3.05) is 11.4 Å². The molecule has 5 nitrogen and oxygen atoms in total. The van der Waals surface area contributed by atoms with Crippen LogP contribution in [0.2, 0.25) is 0 Å². The fraction of sp³-hybridized carbons (Fsp3) is 0.167. The SMILES string of the molecule is O=C(/C=C/c1cccc([N+](=O)[O-])c1)N1CCCc2ccccc21. The molecule has 116 valence electrons. The number of amides is 1. The number of carbonyl (C=O) groups is 1. The second-order valence-corrected chi connectivity index (χ2v) is 5.41. The zero-order valence-corrected chi connectivity index (χ0v) is 12.5. The Morgan fingerprint density at radius 1 is 1.17 bits per heavy atom. The highest BCUT2D eigenvalue weighted by atomic mass is 16.6. The number of rotatable bonds is 3. The first-order valence-electron chi connectivity index (χ1n) is 7.47. The van der Waals surface area contributed by atoms with Crippen molar-refractivity contribution in [2.24, 2.45) is 0 Å². The molecule has 0 atom stereocenters. The molecule has 0 unspecified atom stereocenters. The summed E-state index contributed by atoms with van der Waals surface area (Å²) in [5, 5.41) is 10.8. The average molecular weight is 308 g/mol. The van der Waals surface area contributed by atoms with Crippen LogP contribution >= 0.6 is 0 Å². The van der Waals surface area contributed by atoms with Crippen LogP contribution in [0.15, 0.2) is 54.6 Å². The number of fused-ring (bicyclic) bond motifs is 1. The van der Waals surface area contributed by atoms with Crippen LogP contribution in [0.1, 0.15) is 17.5 Å². The predicted octanol–water partition coefficient (Wildman–Crippen LogP) is 3.59. The number of carbonyl (C=O) groups excluding carboxylic acids is 1. The number of nitro groups is 1. The summed E-state index contributed by atoms with van der Waals surface area (Å²) in [6.45, 7) is 0.690. The molecule has 0 N–H and O–H groups in total. The molecule has 23 heavy (non-hydrogen) atoms. The standard InChI is InChI=1S/C18H16N2O3/c21-18(11-10-14-5-3-8-16(13-14)20(22)23)19-12-4-7-15-6-1-2-9-17(15)19/h1-3,5-6,8-11,13H,4,7,12H2/b11-10+. The smallest absolute Gasteiger partial charge is 0.270 e. The number of para-hydroxylation sites is 1. The van der Waals surface area contributed by atoms with Gasteiger partial charge in [-0.3, -0.25) is 14.9 Å². The third kappa shape index (κ3) is 3.29. The van der Waals surface area contributed by atoms with Crippen LogP contribution in [-0.2, 0) is 11.2 Å². The topological polar surface area (TPSA) is 63.4 Å². The maximum absolute atomic E-state index is 12.5. The van der Waals surface area contributed by atoms with Gasteiger partial charge in [-0.2, -0.15) is 0 Å². The van der Waals surface area contributed by atoms with Crippen LogP contribution in [-0.4, -0.2) is 17.4 Å². The minimum Gasteiger partial charge on any atom is -0.309 e. The van der Waals surface area contributed by atoms with Crippen molar-refractivity contribution in [3.8, 4) is 0 Å². The summed E-state index contributed by atoms with van der Waals surface area (Å²) < 4.78 is 0. The summed E-state index contributed by atoms with van der Waals surface area (Å²) in [5.41, 5.74) is 2.78. The molecule has 0 spiro atoms. The van der Waals surface area contributed by atoms with Gasteiger partial charge in [0.15, 0.2) is 0 Å². The Balaban J connectivity index is 1.80. The van der Waals surface area contributed by atoms with E-state index in [0.29, 0.717) is 12.1 Å². The van der Waals surface area contributed by atoms with Crippen molar-refractivity contribution >= 4 is 23.4 Å². The zero-order chi connectivity index (χ0) is 16.2. The second-order valence-electron chi connectivity index (χ2n) is 5.41. The molecule has 1 aliphatic heterocycles. The predicted molar refractivity (Wildman–Crippen MR) is 89.2 cm³/mol. The van der Waals surface area contributed by atoms with E-state index in [9.17, 15) is 14.9 Å². The monoisotopic (exact) mass is 308 g/mol. The van der Waals surface area contributed by atoms with Gasteiger partial charge < -0.3 is 4.90 Å². The van der Waals surface area contributed by atoms with E-state index in [-0.39, 0.29) is 11.6 Å². The van der Waals surface area contributed by atoms with Gasteiger partial charge in [-0.25, -0.2) is 0 Å². The van der Waals surface area contributed by atoms with Crippen molar-refractivity contribution in [1.82, 2.24) is 0 Å². The molecule has 0 saturated carbocycles. The zero-order valence-electron chi connectivity index (χ0n) is 12.5. The summed E-state index contributed by atoms with van der Waals surface area (Å²) in [6, 6.07) is 14.1. The first kappa shape index (κ1) is 15.0. The minimum atomic E-state index is -0.444. The third-order valence-electron chi connectivity index (χ3n) is 3.88. The van der Waals surface area contributed by atoms with Crippen molar-refractivity contribution in [3.63, 3.8) is 0 Å². The Kier molecular flexibility index (Phi) is 4.19. The second kappa shape index (κ2) is 6.44. The van der Waals surface area contributed by atoms with Gasteiger partial charge in [0.2, 0.25) is 0 Å². The Labute approximate surface area is 134 Å². The highest BCUT2D eigenvalue weighted by Gasteiger charge is 2.20. The molecule has 0 bridgehead atoms. The summed E-state index contributed by atoms with van der Waals surface area (Å²) in [7, 11) is 0. The number of anilines is 1. The molecular formula is C18H16N2O3. The van der Waals surface area contributed by atoms with E-state index in [2.05, 4.69) is 0 Å². The number of nitrogens with zero attached hydrogens (tertiary/aromatic N) is 2. The average Bonchev–Trinajstić information content (AvgIpc) is 2.59. The minimum absolute atomic E-state index is 0.0166. The van der Waals surface area contributed by atoms with Gasteiger partial charge >= 0.3 is 0 Å². The van der Waals surface area contributed by atoms with Crippen molar-refractivity contribution in [1.29, 1.82) is 0 Å². The Bertz CT molecular complexity index is 783. The van der Waals surface area contributed by atoms with E-state index in [1.54, 1.807) is 23.1 Å². The van der Waals surface area contributed by atoms with Crippen molar-refractivity contribution < 1.29 is 9.72 Å². The Hall–Kier alpha value is -2.95. The summed E-state index contributed by atoms with van der Waals surface area (Å²) in [5.74, 6) is -0.108. The van der Waals surface area contributed by atoms with Crippen molar-refractivity contribution in [3.05, 3.63) is 75.8 Å². The number of hydrogen-bond acceptors (Lipinski definition) is 3. The third-order valence-corrected chi connectivity index (χ3v) is 3.88. The fourth-order valence-electron chi connectivity index (χ4n) is 2.76. The van der Waals surface area contributed by atoms with Gasteiger partial charge in [0.25, 0.3) is 11.6 Å². The molecule has 0 aromatic heterocycles. The normalized spacial score (nSPS) is 13.8. The highest BCUT2D eigenvalue weighted by molar-refractivity contribution is 6.04. The maximum Gasteiger partial charge on any atom is 0.270 e. The van der Waals surface area contributed by atoms with E-state index in [4.69, 9.17) is 0 Å². The lowest BCUT2D eigenvalue weighted by Crippen LogP contribution is -2.34. The molecule has 1 heterocycles. The van der Waals surface area contributed by atoms with Gasteiger partial charge in [-0.15, -0.1) is 0 Å². The fourth-order valence-corrected chi connectivity index (χ4v) is 2.76. The molecule has 3 rings (SSSR count). The molecule has 1 amide bonds. The number of hydrogen-bond donors (Lipinski definition) is 0. The van der Waals surface area contributed by atoms with Crippen LogP contribution in [0.4, 0.5) is 11.4 Å². The molecule has 2 aromatic rings. The van der Waals surface area contributed by atoms with Crippen LogP contribution in [0.5, 0.6) is 0 Å². The number of aryl methyl sites for hydroxylation is 1. The molecule has 0 aliphatic carbocycles. The van der Waals surface area contributed by atoms with Gasteiger partial charge in [0.05, 0.1) is 4.92 Å². The van der Waals surface area contributed by atoms with E-state index in [1.165, 1.54) is 23.8 Å². The van der Waals surface area contributed by atoms with E-state index >= 15 is 0 Å². The molecule has 2 aromatic carbocycles. The molecule has 0 radical (unpaired) electrons. The van der Waals surface area contributed by atoms with Gasteiger partial charge in [-0.05, 0) is 36.1 Å². The van der Waals surface area contributed by atoms with E-state index < -0.39 is 4.92 Å². The van der Waals surface area contributed by atoms with Crippen molar-refractivity contribution in [2.45, 2.75) is 12.8 Å². The maximum atomic E-state index is 12.5. The lowest BCUT2D eigenvalue weighted by molar-refractivity contribution is -0.384. The van der Waals surface area contributed by atoms with E-state index in [1.807, 2.05) is 24.3 Å². The summed E-state index contributed by atoms with van der Waals surface area (Å²) in [4.78, 5) is 24.6. The van der Waals surface area contributed by atoms with Gasteiger partial charge in [0, 0.05) is 30.4 Å². The van der Waals surface area contributed by atoms with Crippen LogP contribution in [0.3, 0.4) is 0 Å². The van der Waals surface area contributed by atoms with Crippen LogP contribution in [0, 0.1) is 10.1 Å². The number of nitro benzene ring substituents is 1. The summed E-state index contributed by atoms with van der Waals surface area (Å²) in [6.07, 6.45) is 5.01. The number of benzene rings is 2. The quantitative estimate of drug-likeness (QED) is 0.494. The molecule has 0 saturated heterocycles. The molecule has 1 aliphatic rings. The molecule has 5 heteroatoms. The molecule has 0 fully saturated rings. The van der Waals surface area contributed by atoms with Crippen LogP contribution in [0.25, 0.3) is 6.08 Å². The Morgan fingerprint density at radius 3 is 2.83 bits per heavy atom. The van der Waals surface area contributed by atoms with Gasteiger partial charge in [-0.1, -0.05) is 30.3 Å². The lowest BCUT2D eigenvalue weighted by Gasteiger charge is -2.28. The lowest BCUT2D eigenvalue weighted by atomic mass is 10.0. The molecular weight excluding hydrogens is 292 g/mol.